The zero-order valence-corrected chi connectivity index (χ0v) is 15.9. The maximum atomic E-state index is 12.5. The van der Waals surface area contributed by atoms with Crippen molar-refractivity contribution in [2.24, 2.45) is 0 Å². The van der Waals surface area contributed by atoms with Crippen molar-refractivity contribution in [1.29, 1.82) is 0 Å². The second-order valence-electron chi connectivity index (χ2n) is 6.78. The maximum absolute atomic E-state index is 12.5. The predicted octanol–water partition coefficient (Wildman–Crippen LogP) is 5.88. The van der Waals surface area contributed by atoms with Gasteiger partial charge in [0.15, 0.2) is 5.76 Å². The molecule has 4 nitrogen and oxygen atoms in total. The first-order valence-corrected chi connectivity index (χ1v) is 9.18. The van der Waals surface area contributed by atoms with E-state index in [1.54, 1.807) is 12.1 Å². The summed E-state index contributed by atoms with van der Waals surface area (Å²) in [5.41, 5.74) is 2.84. The quantitative estimate of drug-likeness (QED) is 0.476. The third-order valence-electron chi connectivity index (χ3n) is 4.71. The summed E-state index contributed by atoms with van der Waals surface area (Å²) in [6, 6.07) is 23.4. The molecule has 0 unspecified atom stereocenters. The van der Waals surface area contributed by atoms with Crippen LogP contribution in [0.4, 0.5) is 5.69 Å². The van der Waals surface area contributed by atoms with Crippen molar-refractivity contribution >= 4 is 22.4 Å². The molecule has 4 heteroatoms. The molecule has 0 spiro atoms. The summed E-state index contributed by atoms with van der Waals surface area (Å²) in [4.78, 5) is 12.5. The fourth-order valence-corrected chi connectivity index (χ4v) is 3.18. The van der Waals surface area contributed by atoms with Crippen LogP contribution in [0.5, 0.6) is 5.75 Å². The Labute approximate surface area is 163 Å². The monoisotopic (exact) mass is 371 g/mol. The van der Waals surface area contributed by atoms with Crippen molar-refractivity contribution in [3.8, 4) is 5.75 Å². The van der Waals surface area contributed by atoms with Gasteiger partial charge in [0.05, 0.1) is 0 Å². The van der Waals surface area contributed by atoms with Crippen LogP contribution >= 0.6 is 0 Å². The highest BCUT2D eigenvalue weighted by Crippen LogP contribution is 2.23. The number of amides is 1. The van der Waals surface area contributed by atoms with E-state index < -0.39 is 0 Å². The fourth-order valence-electron chi connectivity index (χ4n) is 3.18. The zero-order chi connectivity index (χ0) is 19.5. The van der Waals surface area contributed by atoms with Gasteiger partial charge < -0.3 is 14.5 Å². The van der Waals surface area contributed by atoms with E-state index in [1.807, 2.05) is 68.4 Å². The van der Waals surface area contributed by atoms with E-state index in [0.717, 1.165) is 28.0 Å². The van der Waals surface area contributed by atoms with Crippen LogP contribution in [0.15, 0.2) is 77.2 Å². The van der Waals surface area contributed by atoms with E-state index in [9.17, 15) is 4.79 Å². The van der Waals surface area contributed by atoms with E-state index in [0.29, 0.717) is 5.76 Å². The number of furan rings is 1. The standard InChI is InChI=1S/C24H21NO3/c1-16-6-5-7-17(2)23(16)25-24(26)22-13-12-21(28-22)15-27-20-11-10-18-8-3-4-9-19(18)14-20/h3-14H,15H2,1-2H3,(H,25,26). The van der Waals surface area contributed by atoms with Gasteiger partial charge in [0.25, 0.3) is 5.91 Å². The molecule has 0 aliphatic carbocycles. The van der Waals surface area contributed by atoms with Crippen molar-refractivity contribution in [2.75, 3.05) is 5.32 Å². The summed E-state index contributed by atoms with van der Waals surface area (Å²) in [6.45, 7) is 4.19. The van der Waals surface area contributed by atoms with Crippen LogP contribution in [0.25, 0.3) is 10.8 Å². The summed E-state index contributed by atoms with van der Waals surface area (Å²) in [5, 5.41) is 5.21. The smallest absolute Gasteiger partial charge is 0.291 e. The molecule has 1 aromatic heterocycles. The van der Waals surface area contributed by atoms with Crippen LogP contribution < -0.4 is 10.1 Å². The number of aryl methyl sites for hydroxylation is 2. The van der Waals surface area contributed by atoms with Crippen molar-refractivity contribution in [3.05, 3.63) is 95.4 Å². The Balaban J connectivity index is 1.43. The molecule has 0 radical (unpaired) electrons. The lowest BCUT2D eigenvalue weighted by atomic mass is 10.1. The highest BCUT2D eigenvalue weighted by Gasteiger charge is 2.14. The Bertz CT molecular complexity index is 1120. The summed E-state index contributed by atoms with van der Waals surface area (Å²) in [5.74, 6) is 1.35. The van der Waals surface area contributed by atoms with Gasteiger partial charge in [-0.25, -0.2) is 0 Å². The first-order chi connectivity index (χ1) is 13.6. The SMILES string of the molecule is Cc1cccc(C)c1NC(=O)c1ccc(COc2ccc3ccccc3c2)o1. The molecule has 4 aromatic rings. The highest BCUT2D eigenvalue weighted by molar-refractivity contribution is 6.03. The van der Waals surface area contributed by atoms with Gasteiger partial charge >= 0.3 is 0 Å². The van der Waals surface area contributed by atoms with E-state index in [4.69, 9.17) is 9.15 Å². The number of rotatable bonds is 5. The minimum Gasteiger partial charge on any atom is -0.486 e. The summed E-state index contributed by atoms with van der Waals surface area (Å²) < 4.78 is 11.5. The number of nitrogens with one attached hydrogen (secondary N) is 1. The first-order valence-electron chi connectivity index (χ1n) is 9.18. The molecule has 1 amide bonds. The molecule has 0 fully saturated rings. The van der Waals surface area contributed by atoms with Gasteiger partial charge in [-0.1, -0.05) is 48.5 Å². The summed E-state index contributed by atoms with van der Waals surface area (Å²) in [6.07, 6.45) is 0. The maximum Gasteiger partial charge on any atom is 0.291 e. The van der Waals surface area contributed by atoms with Gasteiger partial charge in [-0.3, -0.25) is 4.79 Å². The summed E-state index contributed by atoms with van der Waals surface area (Å²) in [7, 11) is 0. The van der Waals surface area contributed by atoms with Crippen LogP contribution in [0, 0.1) is 13.8 Å². The van der Waals surface area contributed by atoms with Gasteiger partial charge in [-0.2, -0.15) is 0 Å². The lowest BCUT2D eigenvalue weighted by Gasteiger charge is -2.10. The normalized spacial score (nSPS) is 10.8. The molecule has 0 saturated heterocycles. The number of carbonyl (C=O) groups excluding carboxylic acids is 1. The van der Waals surface area contributed by atoms with E-state index in [2.05, 4.69) is 11.4 Å². The van der Waals surface area contributed by atoms with Crippen LogP contribution in [0.3, 0.4) is 0 Å². The van der Waals surface area contributed by atoms with Gasteiger partial charge in [0.1, 0.15) is 18.1 Å². The number of hydrogen-bond acceptors (Lipinski definition) is 3. The third-order valence-corrected chi connectivity index (χ3v) is 4.71. The van der Waals surface area contributed by atoms with Gasteiger partial charge in [-0.05, 0) is 60.0 Å². The minimum absolute atomic E-state index is 0.259. The number of hydrogen-bond donors (Lipinski definition) is 1. The molecular weight excluding hydrogens is 350 g/mol. The summed E-state index contributed by atoms with van der Waals surface area (Å²) >= 11 is 0. The second kappa shape index (κ2) is 7.61. The number of benzene rings is 3. The Morgan fingerprint density at radius 2 is 1.64 bits per heavy atom. The lowest BCUT2D eigenvalue weighted by molar-refractivity contribution is 0.0992. The van der Waals surface area contributed by atoms with Crippen LogP contribution in [-0.2, 0) is 6.61 Å². The number of fused-ring (bicyclic) bond motifs is 1. The molecule has 1 N–H and O–H groups in total. The van der Waals surface area contributed by atoms with Gasteiger partial charge in [-0.15, -0.1) is 0 Å². The van der Waals surface area contributed by atoms with E-state index in [-0.39, 0.29) is 18.3 Å². The van der Waals surface area contributed by atoms with Crippen LogP contribution in [-0.4, -0.2) is 5.91 Å². The number of anilines is 1. The van der Waals surface area contributed by atoms with E-state index in [1.165, 1.54) is 5.39 Å². The molecule has 4 rings (SSSR count). The molecule has 140 valence electrons. The predicted molar refractivity (Wildman–Crippen MR) is 111 cm³/mol. The molecule has 28 heavy (non-hydrogen) atoms. The van der Waals surface area contributed by atoms with Crippen molar-refractivity contribution in [1.82, 2.24) is 0 Å². The fraction of sp³-hybridized carbons (Fsp3) is 0.125. The molecule has 0 bridgehead atoms. The Hall–Kier alpha value is -3.53. The van der Waals surface area contributed by atoms with Gasteiger partial charge in [0, 0.05) is 5.69 Å². The van der Waals surface area contributed by atoms with Gasteiger partial charge in [0.2, 0.25) is 0 Å². The molecule has 0 saturated carbocycles. The molecule has 1 heterocycles. The van der Waals surface area contributed by atoms with Crippen LogP contribution in [0.2, 0.25) is 0 Å². The van der Waals surface area contributed by atoms with Crippen molar-refractivity contribution in [2.45, 2.75) is 20.5 Å². The topological polar surface area (TPSA) is 51.5 Å². The van der Waals surface area contributed by atoms with E-state index >= 15 is 0 Å². The molecular formula is C24H21NO3. The average Bonchev–Trinajstić information content (AvgIpc) is 3.18. The Morgan fingerprint density at radius 3 is 2.43 bits per heavy atom. The zero-order valence-electron chi connectivity index (χ0n) is 15.9. The highest BCUT2D eigenvalue weighted by atomic mass is 16.5. The minimum atomic E-state index is -0.269. The first kappa shape index (κ1) is 17.9. The lowest BCUT2D eigenvalue weighted by Crippen LogP contribution is -2.13. The van der Waals surface area contributed by atoms with Crippen molar-refractivity contribution in [3.63, 3.8) is 0 Å². The second-order valence-corrected chi connectivity index (χ2v) is 6.78. The number of carbonyl (C=O) groups is 1. The Morgan fingerprint density at radius 1 is 0.893 bits per heavy atom. The third kappa shape index (κ3) is 3.76. The molecule has 0 aliphatic heterocycles. The van der Waals surface area contributed by atoms with Crippen molar-refractivity contribution < 1.29 is 13.9 Å². The molecule has 3 aromatic carbocycles. The van der Waals surface area contributed by atoms with Crippen LogP contribution in [0.1, 0.15) is 27.4 Å². The largest absolute Gasteiger partial charge is 0.486 e. The molecule has 0 atom stereocenters. The Kier molecular flexibility index (Phi) is 4.85. The average molecular weight is 371 g/mol. The number of ether oxygens (including phenoxy) is 1. The number of para-hydroxylation sites is 1. The molecule has 0 aliphatic rings.